The summed E-state index contributed by atoms with van der Waals surface area (Å²) >= 11 is 0. The highest BCUT2D eigenvalue weighted by molar-refractivity contribution is 8.07. The molecule has 0 saturated heterocycles. The second-order valence-electron chi connectivity index (χ2n) is 5.09. The highest BCUT2D eigenvalue weighted by Gasteiger charge is 2.29. The lowest BCUT2D eigenvalue weighted by molar-refractivity contribution is -0.132. The number of hydrogen-bond acceptors (Lipinski definition) is 6. The summed E-state index contributed by atoms with van der Waals surface area (Å²) in [7, 11) is -2.64. The molecule has 1 aromatic carbocycles. The first kappa shape index (κ1) is 16.2. The van der Waals surface area contributed by atoms with Gasteiger partial charge in [0.15, 0.2) is 10.8 Å². The van der Waals surface area contributed by atoms with E-state index in [1.54, 1.807) is 12.1 Å². The number of methoxy groups -OCH3 is 1. The van der Waals surface area contributed by atoms with Crippen LogP contribution in [0.5, 0.6) is 0 Å². The molecule has 1 heterocycles. The molecule has 0 radical (unpaired) electrons. The Morgan fingerprint density at radius 1 is 1.23 bits per heavy atom. The molecule has 1 N–H and O–H groups in total. The Bertz CT molecular complexity index is 734. The molecule has 0 aromatic heterocycles. The van der Waals surface area contributed by atoms with Gasteiger partial charge in [0.25, 0.3) is 10.0 Å². The summed E-state index contributed by atoms with van der Waals surface area (Å²) < 4.78 is 31.3. The van der Waals surface area contributed by atoms with E-state index in [2.05, 4.69) is 33.5 Å². The van der Waals surface area contributed by atoms with E-state index in [0.29, 0.717) is 11.6 Å². The van der Waals surface area contributed by atoms with Crippen LogP contribution in [0.3, 0.4) is 0 Å². The number of rotatable bonds is 4. The Morgan fingerprint density at radius 3 is 2.41 bits per heavy atom. The minimum atomic E-state index is -3.84. The second-order valence-corrected chi connectivity index (χ2v) is 6.77. The van der Waals surface area contributed by atoms with Crippen LogP contribution >= 0.6 is 0 Å². The van der Waals surface area contributed by atoms with Crippen LogP contribution in [0.4, 0.5) is 5.69 Å². The van der Waals surface area contributed by atoms with Gasteiger partial charge in [-0.05, 0) is 23.6 Å². The molecule has 0 spiro atoms. The molecule has 0 fully saturated rings. The fourth-order valence-electron chi connectivity index (χ4n) is 1.86. The zero-order chi connectivity index (χ0) is 16.3. The molecule has 0 aliphatic carbocycles. The van der Waals surface area contributed by atoms with Gasteiger partial charge in [-0.15, -0.1) is 10.2 Å². The summed E-state index contributed by atoms with van der Waals surface area (Å²) in [5, 5.41) is 6.89. The van der Waals surface area contributed by atoms with Gasteiger partial charge in [-0.25, -0.2) is 4.79 Å². The number of anilines is 1. The monoisotopic (exact) mass is 323 g/mol. The number of ether oxygens (including phenoxy) is 1. The highest BCUT2D eigenvalue weighted by atomic mass is 32.2. The third kappa shape index (κ3) is 3.51. The number of carbonyl (C=O) groups excluding carboxylic acids is 1. The fraction of sp³-hybridized carbons (Fsp3) is 0.357. The van der Waals surface area contributed by atoms with Crippen LogP contribution in [0.25, 0.3) is 0 Å². The van der Waals surface area contributed by atoms with Crippen molar-refractivity contribution >= 4 is 32.4 Å². The van der Waals surface area contributed by atoms with Crippen molar-refractivity contribution in [1.82, 2.24) is 0 Å². The quantitative estimate of drug-likeness (QED) is 0.855. The Balaban J connectivity index is 2.08. The topological polar surface area (TPSA) is 97.2 Å². The summed E-state index contributed by atoms with van der Waals surface area (Å²) in [5.74, 6) is -0.323. The number of carbonyl (C=O) groups is 1. The summed E-state index contributed by atoms with van der Waals surface area (Å²) in [6.45, 7) is 4.11. The number of sulfonamides is 1. The van der Waals surface area contributed by atoms with Gasteiger partial charge in [-0.1, -0.05) is 26.0 Å². The molecule has 8 heteroatoms. The number of benzene rings is 1. The van der Waals surface area contributed by atoms with Gasteiger partial charge in [-0.2, -0.15) is 8.42 Å². The van der Waals surface area contributed by atoms with Gasteiger partial charge in [0.2, 0.25) is 0 Å². The fourth-order valence-corrected chi connectivity index (χ4v) is 2.90. The maximum atomic E-state index is 12.2. The maximum Gasteiger partial charge on any atom is 0.354 e. The Labute approximate surface area is 129 Å². The lowest BCUT2D eigenvalue weighted by Gasteiger charge is -2.09. The summed E-state index contributed by atoms with van der Waals surface area (Å²) in [6.07, 6.45) is -0.175. The van der Waals surface area contributed by atoms with Gasteiger partial charge in [0.1, 0.15) is 0 Å². The Morgan fingerprint density at radius 2 is 1.86 bits per heavy atom. The van der Waals surface area contributed by atoms with E-state index in [0.717, 1.165) is 5.56 Å². The highest BCUT2D eigenvalue weighted by Crippen LogP contribution is 2.19. The number of nitrogens with zero attached hydrogens (tertiary/aromatic N) is 2. The van der Waals surface area contributed by atoms with Gasteiger partial charge < -0.3 is 4.74 Å². The van der Waals surface area contributed by atoms with Gasteiger partial charge in [-0.3, -0.25) is 4.72 Å². The van der Waals surface area contributed by atoms with Crippen molar-refractivity contribution in [1.29, 1.82) is 0 Å². The molecule has 22 heavy (non-hydrogen) atoms. The first-order chi connectivity index (χ1) is 10.3. The average Bonchev–Trinajstić information content (AvgIpc) is 2.97. The lowest BCUT2D eigenvalue weighted by Crippen LogP contribution is -2.25. The molecule has 0 bridgehead atoms. The molecule has 0 unspecified atom stereocenters. The van der Waals surface area contributed by atoms with Crippen LogP contribution in [-0.4, -0.2) is 32.3 Å². The molecule has 1 aliphatic rings. The molecular formula is C14H17N3O4S. The first-order valence-electron chi connectivity index (χ1n) is 6.68. The van der Waals surface area contributed by atoms with E-state index in [9.17, 15) is 13.2 Å². The van der Waals surface area contributed by atoms with Crippen molar-refractivity contribution in [3.05, 3.63) is 29.8 Å². The normalized spacial score (nSPS) is 14.5. The van der Waals surface area contributed by atoms with Crippen molar-refractivity contribution in [3.8, 4) is 0 Å². The largest absolute Gasteiger partial charge is 0.464 e. The molecule has 2 rings (SSSR count). The molecular weight excluding hydrogens is 306 g/mol. The third-order valence-electron chi connectivity index (χ3n) is 3.16. The van der Waals surface area contributed by atoms with E-state index >= 15 is 0 Å². The minimum absolute atomic E-state index is 0.0296. The number of esters is 1. The summed E-state index contributed by atoms with van der Waals surface area (Å²) in [5.41, 5.74) is 1.51. The zero-order valence-electron chi connectivity index (χ0n) is 12.5. The van der Waals surface area contributed by atoms with Crippen molar-refractivity contribution in [2.24, 2.45) is 10.2 Å². The molecule has 0 saturated carbocycles. The van der Waals surface area contributed by atoms with Crippen LogP contribution in [0, 0.1) is 0 Å². The molecule has 0 atom stereocenters. The standard InChI is InChI=1S/C14H17N3O4S/c1-9(2)10-4-6-11(7-5-10)17-22(19,20)13-8-12(15-16-13)14(18)21-3/h4-7,9,17H,8H2,1-3H3. The van der Waals surface area contributed by atoms with E-state index in [-0.39, 0.29) is 17.2 Å². The van der Waals surface area contributed by atoms with Crippen LogP contribution in [0.2, 0.25) is 0 Å². The van der Waals surface area contributed by atoms with E-state index < -0.39 is 16.0 Å². The predicted molar refractivity (Wildman–Crippen MR) is 84.6 cm³/mol. The van der Waals surface area contributed by atoms with E-state index in [1.165, 1.54) is 7.11 Å². The summed E-state index contributed by atoms with van der Waals surface area (Å²) in [6, 6.07) is 7.08. The molecule has 118 valence electrons. The van der Waals surface area contributed by atoms with Crippen LogP contribution in [0.15, 0.2) is 34.5 Å². The van der Waals surface area contributed by atoms with Crippen molar-refractivity contribution in [2.45, 2.75) is 26.2 Å². The van der Waals surface area contributed by atoms with Gasteiger partial charge in [0, 0.05) is 5.69 Å². The second kappa shape index (κ2) is 6.27. The Kier molecular flexibility index (Phi) is 4.60. The number of hydrogen-bond donors (Lipinski definition) is 1. The van der Waals surface area contributed by atoms with Gasteiger partial charge in [0.05, 0.1) is 13.5 Å². The van der Waals surface area contributed by atoms with Crippen molar-refractivity contribution in [3.63, 3.8) is 0 Å². The lowest BCUT2D eigenvalue weighted by atomic mass is 10.0. The first-order valence-corrected chi connectivity index (χ1v) is 8.16. The third-order valence-corrected chi connectivity index (χ3v) is 4.51. The molecule has 1 aliphatic heterocycles. The maximum absolute atomic E-state index is 12.2. The average molecular weight is 323 g/mol. The smallest absolute Gasteiger partial charge is 0.354 e. The van der Waals surface area contributed by atoms with Crippen LogP contribution in [-0.2, 0) is 19.6 Å². The summed E-state index contributed by atoms with van der Waals surface area (Å²) in [4.78, 5) is 11.3. The van der Waals surface area contributed by atoms with E-state index in [4.69, 9.17) is 0 Å². The van der Waals surface area contributed by atoms with Crippen molar-refractivity contribution in [2.75, 3.05) is 11.8 Å². The molecule has 7 nitrogen and oxygen atoms in total. The molecule has 1 aromatic rings. The molecule has 0 amide bonds. The van der Waals surface area contributed by atoms with Crippen LogP contribution < -0.4 is 4.72 Å². The van der Waals surface area contributed by atoms with Gasteiger partial charge >= 0.3 is 5.97 Å². The minimum Gasteiger partial charge on any atom is -0.464 e. The van der Waals surface area contributed by atoms with E-state index in [1.807, 2.05) is 12.1 Å². The Hall–Kier alpha value is -2.22. The number of nitrogens with one attached hydrogen (secondary N) is 1. The predicted octanol–water partition coefficient (Wildman–Crippen LogP) is 1.88. The zero-order valence-corrected chi connectivity index (χ0v) is 13.3. The SMILES string of the molecule is COC(=O)C1=NN=C(S(=O)(=O)Nc2ccc(C(C)C)cc2)C1. The van der Waals surface area contributed by atoms with Crippen molar-refractivity contribution < 1.29 is 17.9 Å². The van der Waals surface area contributed by atoms with Crippen LogP contribution in [0.1, 0.15) is 31.7 Å².